The lowest BCUT2D eigenvalue weighted by Gasteiger charge is -2.05. The first-order valence-electron chi connectivity index (χ1n) is 4.49. The molecule has 0 aliphatic heterocycles. The zero-order chi connectivity index (χ0) is 11.9. The number of primary amides is 1. The van der Waals surface area contributed by atoms with Crippen LogP contribution in [0.3, 0.4) is 0 Å². The van der Waals surface area contributed by atoms with E-state index in [0.717, 1.165) is 6.20 Å². The van der Waals surface area contributed by atoms with Crippen LogP contribution in [0.5, 0.6) is 0 Å². The lowest BCUT2D eigenvalue weighted by Crippen LogP contribution is -2.24. The van der Waals surface area contributed by atoms with E-state index >= 15 is 0 Å². The third-order valence-electron chi connectivity index (χ3n) is 2.26. The van der Waals surface area contributed by atoms with E-state index in [1.807, 2.05) is 0 Å². The van der Waals surface area contributed by atoms with Gasteiger partial charge in [-0.15, -0.1) is 0 Å². The normalized spacial score (nSPS) is 12.9. The van der Waals surface area contributed by atoms with Crippen molar-refractivity contribution >= 4 is 28.5 Å². The molecule has 0 bridgehead atoms. The van der Waals surface area contributed by atoms with E-state index in [9.17, 15) is 9.18 Å². The average Bonchev–Trinajstić information content (AvgIpc) is 2.67. The van der Waals surface area contributed by atoms with Crippen molar-refractivity contribution in [2.75, 3.05) is 0 Å². The second-order valence-corrected chi connectivity index (χ2v) is 3.72. The quantitative estimate of drug-likeness (QED) is 0.862. The van der Waals surface area contributed by atoms with E-state index in [0.29, 0.717) is 5.52 Å². The summed E-state index contributed by atoms with van der Waals surface area (Å²) in [6.07, 6.45) is 2.50. The van der Waals surface area contributed by atoms with Gasteiger partial charge in [-0.05, 0) is 6.92 Å². The van der Waals surface area contributed by atoms with Gasteiger partial charge in [-0.1, -0.05) is 11.6 Å². The Bertz CT molecular complexity index is 568. The van der Waals surface area contributed by atoms with Crippen LogP contribution in [-0.4, -0.2) is 20.7 Å². The Morgan fingerprint density at radius 2 is 2.38 bits per heavy atom. The monoisotopic (exact) mass is 242 g/mol. The van der Waals surface area contributed by atoms with Crippen LogP contribution in [0, 0.1) is 5.82 Å². The SMILES string of the molecule is CC(C(N)=O)n1cc2ncc(F)c(Cl)c2n1. The Morgan fingerprint density at radius 3 is 3.00 bits per heavy atom. The molecule has 0 aliphatic rings. The Labute approximate surface area is 95.0 Å². The number of aromatic nitrogens is 3. The van der Waals surface area contributed by atoms with Crippen LogP contribution >= 0.6 is 11.6 Å². The molecule has 7 heteroatoms. The Morgan fingerprint density at radius 1 is 1.69 bits per heavy atom. The molecular weight excluding hydrogens is 235 g/mol. The van der Waals surface area contributed by atoms with E-state index < -0.39 is 17.8 Å². The van der Waals surface area contributed by atoms with Crippen LogP contribution < -0.4 is 5.73 Å². The number of nitrogens with two attached hydrogens (primary N) is 1. The van der Waals surface area contributed by atoms with E-state index in [1.165, 1.54) is 10.9 Å². The summed E-state index contributed by atoms with van der Waals surface area (Å²) in [5, 5.41) is 3.86. The molecule has 2 heterocycles. The van der Waals surface area contributed by atoms with Gasteiger partial charge in [-0.25, -0.2) is 9.37 Å². The van der Waals surface area contributed by atoms with E-state index in [2.05, 4.69) is 10.1 Å². The Kier molecular flexibility index (Phi) is 2.51. The Balaban J connectivity index is 2.60. The first-order valence-corrected chi connectivity index (χ1v) is 4.86. The number of carbonyl (C=O) groups excluding carboxylic acids is 1. The molecule has 1 amide bonds. The number of rotatable bonds is 2. The van der Waals surface area contributed by atoms with Crippen molar-refractivity contribution in [3.05, 3.63) is 23.2 Å². The highest BCUT2D eigenvalue weighted by molar-refractivity contribution is 6.34. The molecule has 2 rings (SSSR count). The van der Waals surface area contributed by atoms with Crippen molar-refractivity contribution in [1.82, 2.24) is 14.8 Å². The summed E-state index contributed by atoms with van der Waals surface area (Å²) in [6.45, 7) is 1.58. The third kappa shape index (κ3) is 1.61. The van der Waals surface area contributed by atoms with Gasteiger partial charge in [0.1, 0.15) is 22.1 Å². The molecular formula is C9H8ClFN4O. The van der Waals surface area contributed by atoms with Gasteiger partial charge in [0.2, 0.25) is 5.91 Å². The molecule has 0 aromatic carbocycles. The smallest absolute Gasteiger partial charge is 0.241 e. The first-order chi connectivity index (χ1) is 7.50. The number of nitrogens with zero attached hydrogens (tertiary/aromatic N) is 3. The van der Waals surface area contributed by atoms with Crippen LogP contribution in [0.25, 0.3) is 11.0 Å². The number of pyridine rings is 1. The summed E-state index contributed by atoms with van der Waals surface area (Å²) in [5.74, 6) is -1.18. The maximum Gasteiger partial charge on any atom is 0.241 e. The van der Waals surface area contributed by atoms with Crippen molar-refractivity contribution in [2.24, 2.45) is 5.73 Å². The molecule has 0 spiro atoms. The maximum absolute atomic E-state index is 13.1. The molecule has 2 N–H and O–H groups in total. The fourth-order valence-electron chi connectivity index (χ4n) is 1.26. The zero-order valence-corrected chi connectivity index (χ0v) is 9.07. The van der Waals surface area contributed by atoms with Crippen LogP contribution in [0.15, 0.2) is 12.4 Å². The standard InChI is InChI=1S/C9H8ClFN4O/c1-4(9(12)16)15-3-6-8(14-15)7(10)5(11)2-13-6/h2-4H,1H3,(H2,12,16). The van der Waals surface area contributed by atoms with Crippen molar-refractivity contribution in [1.29, 1.82) is 0 Å². The molecule has 16 heavy (non-hydrogen) atoms. The highest BCUT2D eigenvalue weighted by Gasteiger charge is 2.16. The summed E-state index contributed by atoms with van der Waals surface area (Å²) >= 11 is 5.72. The van der Waals surface area contributed by atoms with E-state index in [4.69, 9.17) is 17.3 Å². The molecule has 1 atom stereocenters. The number of hydrogen-bond acceptors (Lipinski definition) is 3. The molecule has 0 radical (unpaired) electrons. The fourth-order valence-corrected chi connectivity index (χ4v) is 1.44. The second kappa shape index (κ2) is 3.71. The van der Waals surface area contributed by atoms with Gasteiger partial charge in [0.15, 0.2) is 5.82 Å². The molecule has 0 saturated carbocycles. The van der Waals surface area contributed by atoms with Crippen molar-refractivity contribution < 1.29 is 9.18 Å². The molecule has 2 aromatic rings. The van der Waals surface area contributed by atoms with Gasteiger partial charge in [0.25, 0.3) is 0 Å². The highest BCUT2D eigenvalue weighted by atomic mass is 35.5. The van der Waals surface area contributed by atoms with Gasteiger partial charge < -0.3 is 5.73 Å². The van der Waals surface area contributed by atoms with Gasteiger partial charge in [-0.2, -0.15) is 5.10 Å². The van der Waals surface area contributed by atoms with Gasteiger partial charge in [0, 0.05) is 0 Å². The van der Waals surface area contributed by atoms with Crippen molar-refractivity contribution in [2.45, 2.75) is 13.0 Å². The number of halogens is 2. The summed E-state index contributed by atoms with van der Waals surface area (Å²) in [7, 11) is 0. The molecule has 1 unspecified atom stereocenters. The second-order valence-electron chi connectivity index (χ2n) is 3.34. The fraction of sp³-hybridized carbons (Fsp3) is 0.222. The van der Waals surface area contributed by atoms with Crippen LogP contribution in [0.2, 0.25) is 5.02 Å². The van der Waals surface area contributed by atoms with Crippen molar-refractivity contribution in [3.8, 4) is 0 Å². The molecule has 2 aromatic heterocycles. The zero-order valence-electron chi connectivity index (χ0n) is 8.32. The van der Waals surface area contributed by atoms with Gasteiger partial charge >= 0.3 is 0 Å². The van der Waals surface area contributed by atoms with Crippen LogP contribution in [0.4, 0.5) is 4.39 Å². The maximum atomic E-state index is 13.1. The molecule has 0 saturated heterocycles. The van der Waals surface area contributed by atoms with Gasteiger partial charge in [-0.3, -0.25) is 9.48 Å². The largest absolute Gasteiger partial charge is 0.368 e. The molecule has 0 aliphatic carbocycles. The lowest BCUT2D eigenvalue weighted by atomic mass is 10.3. The molecule has 5 nitrogen and oxygen atoms in total. The summed E-state index contributed by atoms with van der Waals surface area (Å²) in [6, 6.07) is -0.631. The summed E-state index contributed by atoms with van der Waals surface area (Å²) in [5.41, 5.74) is 5.76. The number of hydrogen-bond donors (Lipinski definition) is 1. The predicted molar refractivity (Wildman–Crippen MR) is 56.4 cm³/mol. The molecule has 84 valence electrons. The minimum atomic E-state index is -0.647. The first kappa shape index (κ1) is 10.8. The molecule has 0 fully saturated rings. The highest BCUT2D eigenvalue weighted by Crippen LogP contribution is 2.23. The van der Waals surface area contributed by atoms with Gasteiger partial charge in [0.05, 0.1) is 12.4 Å². The van der Waals surface area contributed by atoms with Crippen LogP contribution in [-0.2, 0) is 4.79 Å². The lowest BCUT2D eigenvalue weighted by molar-refractivity contribution is -0.120. The number of fused-ring (bicyclic) bond motifs is 1. The predicted octanol–water partition coefficient (Wildman–Crippen LogP) is 1.27. The number of carbonyl (C=O) groups is 1. The Hall–Kier alpha value is -1.69. The third-order valence-corrected chi connectivity index (χ3v) is 2.62. The minimum absolute atomic E-state index is 0.111. The average molecular weight is 243 g/mol. The van der Waals surface area contributed by atoms with Crippen LogP contribution in [0.1, 0.15) is 13.0 Å². The number of amides is 1. The van der Waals surface area contributed by atoms with Crippen molar-refractivity contribution in [3.63, 3.8) is 0 Å². The summed E-state index contributed by atoms with van der Waals surface area (Å²) < 4.78 is 14.4. The summed E-state index contributed by atoms with van der Waals surface area (Å²) in [4.78, 5) is 14.8. The van der Waals surface area contributed by atoms with E-state index in [-0.39, 0.29) is 10.5 Å². The minimum Gasteiger partial charge on any atom is -0.368 e. The van der Waals surface area contributed by atoms with E-state index in [1.54, 1.807) is 6.92 Å². The topological polar surface area (TPSA) is 73.8 Å².